The predicted molar refractivity (Wildman–Crippen MR) is 109 cm³/mol. The minimum Gasteiger partial charge on any atom is -0.399 e. The molecule has 4 aromatic rings. The van der Waals surface area contributed by atoms with Gasteiger partial charge in [0.1, 0.15) is 0 Å². The molecule has 0 aromatic heterocycles. The van der Waals surface area contributed by atoms with Crippen LogP contribution in [0.3, 0.4) is 0 Å². The first kappa shape index (κ1) is 16.2. The lowest BCUT2D eigenvalue weighted by atomic mass is 9.92. The number of hydrogen-bond acceptors (Lipinski definition) is 3. The van der Waals surface area contributed by atoms with Crippen LogP contribution in [0.15, 0.2) is 72.8 Å². The largest absolute Gasteiger partial charge is 0.399 e. The van der Waals surface area contributed by atoms with Gasteiger partial charge >= 0.3 is 0 Å². The predicted octanol–water partition coefficient (Wildman–Crippen LogP) is 4.97. The maximum atomic E-state index is 12.7. The van der Waals surface area contributed by atoms with Crippen LogP contribution < -0.4 is 11.5 Å². The van der Waals surface area contributed by atoms with E-state index in [0.717, 1.165) is 0 Å². The van der Waals surface area contributed by atoms with E-state index in [1.54, 1.807) is 18.2 Å². The van der Waals surface area contributed by atoms with E-state index in [9.17, 15) is 4.79 Å². The Morgan fingerprint density at radius 3 is 1.85 bits per heavy atom. The van der Waals surface area contributed by atoms with Crippen molar-refractivity contribution in [3.05, 3.63) is 83.9 Å². The molecule has 0 spiro atoms. The zero-order valence-electron chi connectivity index (χ0n) is 14.4. The quantitative estimate of drug-likeness (QED) is 0.313. The van der Waals surface area contributed by atoms with Crippen LogP contribution in [0, 0.1) is 0 Å². The molecule has 0 aliphatic heterocycles. The lowest BCUT2D eigenvalue weighted by Gasteiger charge is -2.12. The fourth-order valence-corrected chi connectivity index (χ4v) is 3.60. The van der Waals surface area contributed by atoms with E-state index in [1.165, 1.54) is 27.1 Å². The Hall–Kier alpha value is -3.33. The molecule has 0 fully saturated rings. The second kappa shape index (κ2) is 6.52. The summed E-state index contributed by atoms with van der Waals surface area (Å²) in [7, 11) is 0. The number of ketones is 1. The molecule has 0 radical (unpaired) electrons. The molecule has 0 atom stereocenters. The van der Waals surface area contributed by atoms with Crippen molar-refractivity contribution in [2.24, 2.45) is 0 Å². The molecule has 0 bridgehead atoms. The van der Waals surface area contributed by atoms with E-state index in [-0.39, 0.29) is 5.78 Å². The van der Waals surface area contributed by atoms with Gasteiger partial charge in [0.25, 0.3) is 0 Å². The van der Waals surface area contributed by atoms with Gasteiger partial charge in [0.05, 0.1) is 0 Å². The van der Waals surface area contributed by atoms with Crippen LogP contribution >= 0.6 is 0 Å². The van der Waals surface area contributed by atoms with Crippen molar-refractivity contribution < 1.29 is 4.79 Å². The van der Waals surface area contributed by atoms with Gasteiger partial charge in [-0.2, -0.15) is 0 Å². The molecule has 4 N–H and O–H groups in total. The summed E-state index contributed by atoms with van der Waals surface area (Å²) in [6.07, 6.45) is 1.09. The molecule has 3 heteroatoms. The first-order valence-corrected chi connectivity index (χ1v) is 8.70. The minimum absolute atomic E-state index is 0.0565. The number of fused-ring (bicyclic) bond motifs is 2. The van der Waals surface area contributed by atoms with Crippen molar-refractivity contribution >= 4 is 38.7 Å². The molecule has 0 heterocycles. The van der Waals surface area contributed by atoms with Crippen LogP contribution in [-0.2, 0) is 6.42 Å². The summed E-state index contributed by atoms with van der Waals surface area (Å²) in [5.74, 6) is 0.0565. The average molecular weight is 340 g/mol. The molecule has 0 unspecified atom stereocenters. The summed E-state index contributed by atoms with van der Waals surface area (Å²) >= 11 is 0. The topological polar surface area (TPSA) is 69.1 Å². The van der Waals surface area contributed by atoms with E-state index in [1.807, 2.05) is 24.3 Å². The highest BCUT2D eigenvalue weighted by atomic mass is 16.1. The van der Waals surface area contributed by atoms with Gasteiger partial charge in [-0.3, -0.25) is 4.79 Å². The first-order valence-electron chi connectivity index (χ1n) is 8.70. The average Bonchev–Trinajstić information content (AvgIpc) is 2.64. The Bertz CT molecular complexity index is 1060. The Kier molecular flexibility index (Phi) is 4.05. The maximum absolute atomic E-state index is 12.7. The first-order chi connectivity index (χ1) is 12.6. The van der Waals surface area contributed by atoms with E-state index in [0.29, 0.717) is 29.8 Å². The number of rotatable bonds is 4. The molecule has 0 aliphatic rings. The number of benzene rings is 4. The molecule has 0 saturated heterocycles. The number of nitrogens with two attached hydrogens (primary N) is 2. The Morgan fingerprint density at radius 2 is 1.27 bits per heavy atom. The van der Waals surface area contributed by atoms with E-state index in [4.69, 9.17) is 11.5 Å². The van der Waals surface area contributed by atoms with Crippen LogP contribution in [0.2, 0.25) is 0 Å². The van der Waals surface area contributed by atoms with Gasteiger partial charge in [0.2, 0.25) is 0 Å². The zero-order chi connectivity index (χ0) is 18.1. The van der Waals surface area contributed by atoms with Gasteiger partial charge in [-0.15, -0.1) is 0 Å². The van der Waals surface area contributed by atoms with Crippen LogP contribution in [0.5, 0.6) is 0 Å². The molecular formula is C23H20N2O. The Labute approximate surface area is 152 Å². The number of Topliss-reactive ketones (excluding diaryl/α,β-unsaturated/α-hetero) is 1. The lowest BCUT2D eigenvalue weighted by molar-refractivity contribution is 0.0983. The molecule has 4 rings (SSSR count). The van der Waals surface area contributed by atoms with E-state index < -0.39 is 0 Å². The highest BCUT2D eigenvalue weighted by molar-refractivity contribution is 6.03. The number of anilines is 2. The number of carbonyl (C=O) groups is 1. The molecule has 128 valence electrons. The summed E-state index contributed by atoms with van der Waals surface area (Å²) in [6.45, 7) is 0. The summed E-state index contributed by atoms with van der Waals surface area (Å²) < 4.78 is 0. The van der Waals surface area contributed by atoms with Crippen molar-refractivity contribution in [3.8, 4) is 0 Å². The highest BCUT2D eigenvalue weighted by Gasteiger charge is 2.12. The Morgan fingerprint density at radius 1 is 0.731 bits per heavy atom. The Balaban J connectivity index is 1.73. The van der Waals surface area contributed by atoms with Crippen LogP contribution in [0.1, 0.15) is 22.3 Å². The van der Waals surface area contributed by atoms with Crippen molar-refractivity contribution in [1.29, 1.82) is 0 Å². The van der Waals surface area contributed by atoms with Gasteiger partial charge in [-0.1, -0.05) is 48.5 Å². The number of hydrogen-bond donors (Lipinski definition) is 2. The second-order valence-corrected chi connectivity index (χ2v) is 6.61. The lowest BCUT2D eigenvalue weighted by Crippen LogP contribution is -2.04. The van der Waals surface area contributed by atoms with Crippen LogP contribution in [0.25, 0.3) is 21.5 Å². The zero-order valence-corrected chi connectivity index (χ0v) is 14.4. The third kappa shape index (κ3) is 3.00. The third-order valence-electron chi connectivity index (χ3n) is 4.78. The van der Waals surface area contributed by atoms with Crippen LogP contribution in [-0.4, -0.2) is 5.78 Å². The summed E-state index contributed by atoms with van der Waals surface area (Å²) in [6, 6.07) is 23.9. The van der Waals surface area contributed by atoms with Crippen molar-refractivity contribution in [1.82, 2.24) is 0 Å². The second-order valence-electron chi connectivity index (χ2n) is 6.61. The number of aryl methyl sites for hydroxylation is 1. The van der Waals surface area contributed by atoms with Crippen molar-refractivity contribution in [2.75, 3.05) is 11.5 Å². The molecule has 0 aliphatic carbocycles. The van der Waals surface area contributed by atoms with E-state index >= 15 is 0 Å². The fourth-order valence-electron chi connectivity index (χ4n) is 3.60. The summed E-state index contributed by atoms with van der Waals surface area (Å²) in [5, 5.41) is 4.79. The highest BCUT2D eigenvalue weighted by Crippen LogP contribution is 2.30. The fraction of sp³-hybridized carbons (Fsp3) is 0.0870. The summed E-state index contributed by atoms with van der Waals surface area (Å²) in [4.78, 5) is 12.7. The van der Waals surface area contributed by atoms with Gasteiger partial charge in [0, 0.05) is 23.4 Å². The van der Waals surface area contributed by atoms with Gasteiger partial charge < -0.3 is 11.5 Å². The molecule has 0 amide bonds. The smallest absolute Gasteiger partial charge is 0.163 e. The summed E-state index contributed by atoms with van der Waals surface area (Å²) in [5.41, 5.74) is 14.5. The molecule has 0 saturated carbocycles. The van der Waals surface area contributed by atoms with Crippen molar-refractivity contribution in [2.45, 2.75) is 12.8 Å². The molecular weight excluding hydrogens is 320 g/mol. The monoisotopic (exact) mass is 340 g/mol. The van der Waals surface area contributed by atoms with Gasteiger partial charge in [0.15, 0.2) is 5.78 Å². The molecule has 4 aromatic carbocycles. The molecule has 3 nitrogen and oxygen atoms in total. The maximum Gasteiger partial charge on any atom is 0.163 e. The van der Waals surface area contributed by atoms with E-state index in [2.05, 4.69) is 30.3 Å². The van der Waals surface area contributed by atoms with Gasteiger partial charge in [-0.25, -0.2) is 0 Å². The SMILES string of the molecule is Nc1cc(N)cc(C(=O)CCc2c3ccccc3cc3ccccc23)c1. The number of carbonyl (C=O) groups excluding carboxylic acids is 1. The third-order valence-corrected chi connectivity index (χ3v) is 4.78. The number of nitrogen functional groups attached to an aromatic ring is 2. The minimum atomic E-state index is 0.0565. The normalized spacial score (nSPS) is 11.1. The molecule has 26 heavy (non-hydrogen) atoms. The van der Waals surface area contributed by atoms with Crippen molar-refractivity contribution in [3.63, 3.8) is 0 Å². The van der Waals surface area contributed by atoms with Gasteiger partial charge in [-0.05, 0) is 57.8 Å². The van der Waals surface area contributed by atoms with Crippen LogP contribution in [0.4, 0.5) is 11.4 Å². The standard InChI is InChI=1S/C23H20N2O/c24-18-12-17(13-19(25)14-18)23(26)10-9-22-20-7-3-1-5-15(20)11-16-6-2-4-8-21(16)22/h1-8,11-14H,9-10,24-25H2.